The van der Waals surface area contributed by atoms with Crippen molar-refractivity contribution in [1.29, 1.82) is 0 Å². The van der Waals surface area contributed by atoms with Crippen LogP contribution in [0.1, 0.15) is 12.8 Å². The standard InChI is InChI=1S/C16H13Br2N/c17-11-3-5-13-14-6-4-12(18)8-16(14)19(15(13)7-11)9-10-1-2-10/h3-8,10H,1-2,9H2. The zero-order chi connectivity index (χ0) is 13.0. The maximum atomic E-state index is 3.60. The summed E-state index contributed by atoms with van der Waals surface area (Å²) in [6.07, 6.45) is 2.76. The molecular formula is C16H13Br2N. The minimum Gasteiger partial charge on any atom is -0.340 e. The summed E-state index contributed by atoms with van der Waals surface area (Å²) in [5.74, 6) is 0.872. The van der Waals surface area contributed by atoms with Crippen molar-refractivity contribution in [2.45, 2.75) is 19.4 Å². The van der Waals surface area contributed by atoms with Crippen molar-refractivity contribution in [3.8, 4) is 0 Å². The molecule has 0 radical (unpaired) electrons. The second-order valence-electron chi connectivity index (χ2n) is 5.38. The van der Waals surface area contributed by atoms with Crippen LogP contribution in [-0.4, -0.2) is 4.57 Å². The third-order valence-corrected chi connectivity index (χ3v) is 4.92. The van der Waals surface area contributed by atoms with Crippen molar-refractivity contribution in [1.82, 2.24) is 4.57 Å². The highest BCUT2D eigenvalue weighted by molar-refractivity contribution is 9.10. The van der Waals surface area contributed by atoms with Gasteiger partial charge in [-0.15, -0.1) is 0 Å². The van der Waals surface area contributed by atoms with Crippen molar-refractivity contribution in [3.63, 3.8) is 0 Å². The fourth-order valence-electron chi connectivity index (χ4n) is 2.80. The number of aromatic nitrogens is 1. The molecule has 0 amide bonds. The van der Waals surface area contributed by atoms with Crippen LogP contribution < -0.4 is 0 Å². The van der Waals surface area contributed by atoms with Gasteiger partial charge in [0, 0.05) is 26.3 Å². The molecule has 1 fully saturated rings. The average Bonchev–Trinajstić information content (AvgIpc) is 3.15. The Morgan fingerprint density at radius 2 is 1.42 bits per heavy atom. The smallest absolute Gasteiger partial charge is 0.0502 e. The molecule has 1 aliphatic rings. The Morgan fingerprint density at radius 1 is 0.895 bits per heavy atom. The molecule has 3 heteroatoms. The number of hydrogen-bond donors (Lipinski definition) is 0. The first-order valence-electron chi connectivity index (χ1n) is 6.59. The first kappa shape index (κ1) is 12.0. The Morgan fingerprint density at radius 3 is 1.89 bits per heavy atom. The zero-order valence-corrected chi connectivity index (χ0v) is 13.5. The largest absolute Gasteiger partial charge is 0.340 e. The minimum atomic E-state index is 0.872. The quantitative estimate of drug-likeness (QED) is 0.536. The maximum Gasteiger partial charge on any atom is 0.0502 e. The van der Waals surface area contributed by atoms with Gasteiger partial charge in [-0.25, -0.2) is 0 Å². The molecule has 0 spiro atoms. The van der Waals surface area contributed by atoms with Crippen LogP contribution in [0.2, 0.25) is 0 Å². The predicted molar refractivity (Wildman–Crippen MR) is 87.6 cm³/mol. The first-order valence-corrected chi connectivity index (χ1v) is 8.18. The SMILES string of the molecule is Brc1ccc2c3ccc(Br)cc3n(CC3CC3)c2c1. The summed E-state index contributed by atoms with van der Waals surface area (Å²) < 4.78 is 4.79. The van der Waals surface area contributed by atoms with Crippen molar-refractivity contribution < 1.29 is 0 Å². The van der Waals surface area contributed by atoms with E-state index in [1.165, 1.54) is 34.6 Å². The molecule has 0 unspecified atom stereocenters. The van der Waals surface area contributed by atoms with Crippen LogP contribution in [0, 0.1) is 5.92 Å². The molecule has 2 aromatic carbocycles. The molecule has 1 nitrogen and oxygen atoms in total. The highest BCUT2D eigenvalue weighted by Crippen LogP contribution is 2.37. The van der Waals surface area contributed by atoms with Gasteiger partial charge in [0.15, 0.2) is 0 Å². The van der Waals surface area contributed by atoms with Gasteiger partial charge in [-0.3, -0.25) is 0 Å². The van der Waals surface area contributed by atoms with Gasteiger partial charge in [0.25, 0.3) is 0 Å². The molecule has 96 valence electrons. The van der Waals surface area contributed by atoms with Gasteiger partial charge >= 0.3 is 0 Å². The summed E-state index contributed by atoms with van der Waals surface area (Å²) in [5.41, 5.74) is 2.68. The fourth-order valence-corrected chi connectivity index (χ4v) is 3.49. The summed E-state index contributed by atoms with van der Waals surface area (Å²) >= 11 is 7.20. The average molecular weight is 379 g/mol. The van der Waals surface area contributed by atoms with Crippen LogP contribution >= 0.6 is 31.9 Å². The van der Waals surface area contributed by atoms with Crippen molar-refractivity contribution in [3.05, 3.63) is 45.3 Å². The third-order valence-electron chi connectivity index (χ3n) is 3.93. The monoisotopic (exact) mass is 377 g/mol. The van der Waals surface area contributed by atoms with E-state index in [0.29, 0.717) is 0 Å². The molecule has 4 rings (SSSR count). The number of halogens is 2. The topological polar surface area (TPSA) is 4.93 Å². The Hall–Kier alpha value is -0.800. The van der Waals surface area contributed by atoms with Gasteiger partial charge in [-0.1, -0.05) is 44.0 Å². The second kappa shape index (κ2) is 4.35. The summed E-state index contributed by atoms with van der Waals surface area (Å²) in [5, 5.41) is 2.71. The Labute approximate surface area is 128 Å². The highest BCUT2D eigenvalue weighted by atomic mass is 79.9. The maximum absolute atomic E-state index is 3.60. The van der Waals surface area contributed by atoms with Gasteiger partial charge in [-0.2, -0.15) is 0 Å². The van der Waals surface area contributed by atoms with E-state index in [-0.39, 0.29) is 0 Å². The summed E-state index contributed by atoms with van der Waals surface area (Å²) in [4.78, 5) is 0. The molecule has 0 N–H and O–H groups in total. The van der Waals surface area contributed by atoms with Gasteiger partial charge in [0.2, 0.25) is 0 Å². The predicted octanol–water partition coefficient (Wildman–Crippen LogP) is 5.73. The lowest BCUT2D eigenvalue weighted by Gasteiger charge is -2.06. The van der Waals surface area contributed by atoms with Crippen LogP contribution in [0.4, 0.5) is 0 Å². The number of benzene rings is 2. The van der Waals surface area contributed by atoms with Crippen LogP contribution in [0.3, 0.4) is 0 Å². The lowest BCUT2D eigenvalue weighted by Crippen LogP contribution is -1.99. The van der Waals surface area contributed by atoms with Gasteiger partial charge in [0.05, 0.1) is 11.0 Å². The molecule has 19 heavy (non-hydrogen) atoms. The summed E-state index contributed by atoms with van der Waals surface area (Å²) in [6, 6.07) is 13.2. The van der Waals surface area contributed by atoms with Crippen molar-refractivity contribution in [2.24, 2.45) is 5.92 Å². The summed E-state index contributed by atoms with van der Waals surface area (Å²) in [7, 11) is 0. The first-order chi connectivity index (χ1) is 9.22. The van der Waals surface area contributed by atoms with E-state index >= 15 is 0 Å². The van der Waals surface area contributed by atoms with E-state index in [4.69, 9.17) is 0 Å². The van der Waals surface area contributed by atoms with E-state index in [1.54, 1.807) is 0 Å². The fraction of sp³-hybridized carbons (Fsp3) is 0.250. The molecular weight excluding hydrogens is 366 g/mol. The lowest BCUT2D eigenvalue weighted by molar-refractivity contribution is 0.664. The third kappa shape index (κ3) is 2.03. The number of nitrogens with zero attached hydrogens (tertiary/aromatic N) is 1. The molecule has 0 aliphatic heterocycles. The van der Waals surface area contributed by atoms with Gasteiger partial charge in [-0.05, 0) is 43.0 Å². The lowest BCUT2D eigenvalue weighted by atomic mass is 10.2. The minimum absolute atomic E-state index is 0.872. The van der Waals surface area contributed by atoms with Crippen LogP contribution in [0.25, 0.3) is 21.8 Å². The number of fused-ring (bicyclic) bond motifs is 3. The second-order valence-corrected chi connectivity index (χ2v) is 7.21. The molecule has 0 saturated heterocycles. The van der Waals surface area contributed by atoms with E-state index in [0.717, 1.165) is 21.4 Å². The normalized spacial score (nSPS) is 15.5. The summed E-state index contributed by atoms with van der Waals surface area (Å²) in [6.45, 7) is 1.15. The van der Waals surface area contributed by atoms with Crippen molar-refractivity contribution in [2.75, 3.05) is 0 Å². The molecule has 1 heterocycles. The van der Waals surface area contributed by atoms with E-state index in [2.05, 4.69) is 72.8 Å². The molecule has 1 aromatic heterocycles. The zero-order valence-electron chi connectivity index (χ0n) is 10.4. The van der Waals surface area contributed by atoms with E-state index in [1.807, 2.05) is 0 Å². The Bertz CT molecular complexity index is 725. The highest BCUT2D eigenvalue weighted by Gasteiger charge is 2.23. The van der Waals surface area contributed by atoms with Gasteiger partial charge < -0.3 is 4.57 Å². The Balaban J connectivity index is 2.10. The van der Waals surface area contributed by atoms with Gasteiger partial charge in [0.1, 0.15) is 0 Å². The van der Waals surface area contributed by atoms with Crippen LogP contribution in [-0.2, 0) is 6.54 Å². The van der Waals surface area contributed by atoms with Crippen molar-refractivity contribution >= 4 is 53.7 Å². The molecule has 0 atom stereocenters. The van der Waals surface area contributed by atoms with E-state index < -0.39 is 0 Å². The molecule has 0 bridgehead atoms. The Kier molecular flexibility index (Phi) is 2.75. The molecule has 1 aliphatic carbocycles. The van der Waals surface area contributed by atoms with E-state index in [9.17, 15) is 0 Å². The molecule has 1 saturated carbocycles. The number of rotatable bonds is 2. The molecule has 3 aromatic rings. The van der Waals surface area contributed by atoms with Crippen LogP contribution in [0.15, 0.2) is 45.3 Å². The number of hydrogen-bond acceptors (Lipinski definition) is 0. The van der Waals surface area contributed by atoms with Crippen LogP contribution in [0.5, 0.6) is 0 Å².